The molecule has 0 atom stereocenters. The lowest BCUT2D eigenvalue weighted by molar-refractivity contribution is 0.0302. The summed E-state index contributed by atoms with van der Waals surface area (Å²) in [6.07, 6.45) is 1.51. The third-order valence-corrected chi connectivity index (χ3v) is 4.63. The van der Waals surface area contributed by atoms with E-state index in [9.17, 15) is 4.79 Å². The Kier molecular flexibility index (Phi) is 3.49. The van der Waals surface area contributed by atoms with E-state index >= 15 is 0 Å². The maximum atomic E-state index is 12.7. The molecular formula is C12H15N5O2S. The van der Waals surface area contributed by atoms with Crippen LogP contribution >= 0.6 is 11.3 Å². The van der Waals surface area contributed by atoms with Crippen LogP contribution in [0, 0.1) is 13.8 Å². The molecule has 8 heteroatoms. The summed E-state index contributed by atoms with van der Waals surface area (Å²) in [5.74, 6) is 0.0284. The number of thiophene rings is 1. The molecule has 0 unspecified atom stereocenters. The van der Waals surface area contributed by atoms with E-state index in [0.717, 1.165) is 15.4 Å². The maximum absolute atomic E-state index is 12.7. The number of amides is 1. The molecule has 2 aromatic heterocycles. The third-order valence-electron chi connectivity index (χ3n) is 3.44. The number of rotatable bonds is 2. The van der Waals surface area contributed by atoms with Gasteiger partial charge in [0.2, 0.25) is 0 Å². The summed E-state index contributed by atoms with van der Waals surface area (Å²) in [6.45, 7) is 6.41. The molecule has 1 aliphatic rings. The molecule has 0 N–H and O–H groups in total. The first kappa shape index (κ1) is 13.2. The molecule has 1 saturated heterocycles. The Bertz CT molecular complexity index is 616. The standard InChI is InChI=1S/C12H15N5O2S/c1-8-9(2)20-12(17-7-13-14-15-17)10(8)11(18)16-3-5-19-6-4-16/h7H,3-6H2,1-2H3. The van der Waals surface area contributed by atoms with Gasteiger partial charge < -0.3 is 9.64 Å². The van der Waals surface area contributed by atoms with Crippen LogP contribution in [0.3, 0.4) is 0 Å². The number of nitrogens with zero attached hydrogens (tertiary/aromatic N) is 5. The van der Waals surface area contributed by atoms with E-state index in [1.807, 2.05) is 18.7 Å². The lowest BCUT2D eigenvalue weighted by atomic mass is 10.1. The molecule has 0 aromatic carbocycles. The van der Waals surface area contributed by atoms with Crippen molar-refractivity contribution in [3.8, 4) is 5.00 Å². The van der Waals surface area contributed by atoms with Crippen molar-refractivity contribution in [3.05, 3.63) is 22.3 Å². The normalized spacial score (nSPS) is 15.6. The molecule has 3 heterocycles. The molecule has 3 rings (SSSR count). The van der Waals surface area contributed by atoms with Crippen LogP contribution in [0.25, 0.3) is 5.00 Å². The Labute approximate surface area is 120 Å². The molecule has 2 aromatic rings. The zero-order valence-corrected chi connectivity index (χ0v) is 12.2. The highest BCUT2D eigenvalue weighted by Crippen LogP contribution is 2.31. The molecule has 0 saturated carbocycles. The lowest BCUT2D eigenvalue weighted by Gasteiger charge is -2.27. The first-order valence-electron chi connectivity index (χ1n) is 6.39. The van der Waals surface area contributed by atoms with E-state index in [-0.39, 0.29) is 5.91 Å². The highest BCUT2D eigenvalue weighted by Gasteiger charge is 2.26. The van der Waals surface area contributed by atoms with Gasteiger partial charge in [0, 0.05) is 18.0 Å². The Balaban J connectivity index is 2.01. The average molecular weight is 293 g/mol. The van der Waals surface area contributed by atoms with Crippen LogP contribution in [0.1, 0.15) is 20.8 Å². The zero-order valence-electron chi connectivity index (χ0n) is 11.4. The van der Waals surface area contributed by atoms with Crippen molar-refractivity contribution < 1.29 is 9.53 Å². The second-order valence-electron chi connectivity index (χ2n) is 4.62. The van der Waals surface area contributed by atoms with Gasteiger partial charge in [0.05, 0.1) is 18.8 Å². The van der Waals surface area contributed by atoms with Gasteiger partial charge in [-0.15, -0.1) is 16.4 Å². The molecule has 1 amide bonds. The summed E-state index contributed by atoms with van der Waals surface area (Å²) < 4.78 is 6.85. The fraction of sp³-hybridized carbons (Fsp3) is 0.500. The van der Waals surface area contributed by atoms with Gasteiger partial charge >= 0.3 is 0 Å². The predicted octanol–water partition coefficient (Wildman–Crippen LogP) is 0.813. The maximum Gasteiger partial charge on any atom is 0.257 e. The summed E-state index contributed by atoms with van der Waals surface area (Å²) in [5.41, 5.74) is 1.69. The number of carbonyl (C=O) groups is 1. The minimum Gasteiger partial charge on any atom is -0.378 e. The lowest BCUT2D eigenvalue weighted by Crippen LogP contribution is -2.41. The number of aromatic nitrogens is 4. The molecule has 0 spiro atoms. The van der Waals surface area contributed by atoms with Crippen molar-refractivity contribution in [1.29, 1.82) is 0 Å². The quantitative estimate of drug-likeness (QED) is 0.819. The van der Waals surface area contributed by atoms with E-state index < -0.39 is 0 Å². The number of hydrogen-bond acceptors (Lipinski definition) is 6. The van der Waals surface area contributed by atoms with Crippen molar-refractivity contribution in [2.24, 2.45) is 0 Å². The van der Waals surface area contributed by atoms with E-state index in [0.29, 0.717) is 31.9 Å². The largest absolute Gasteiger partial charge is 0.378 e. The second-order valence-corrected chi connectivity index (χ2v) is 5.83. The number of tetrazole rings is 1. The summed E-state index contributed by atoms with van der Waals surface area (Å²) in [6, 6.07) is 0. The minimum absolute atomic E-state index is 0.0284. The van der Waals surface area contributed by atoms with Gasteiger partial charge in [0.1, 0.15) is 11.3 Å². The Hall–Kier alpha value is -1.80. The fourth-order valence-electron chi connectivity index (χ4n) is 2.20. The summed E-state index contributed by atoms with van der Waals surface area (Å²) in [7, 11) is 0. The SMILES string of the molecule is Cc1sc(-n2cnnn2)c(C(=O)N2CCOCC2)c1C. The topological polar surface area (TPSA) is 73.1 Å². The van der Waals surface area contributed by atoms with Crippen molar-refractivity contribution in [2.75, 3.05) is 26.3 Å². The van der Waals surface area contributed by atoms with Gasteiger partial charge in [-0.2, -0.15) is 4.68 Å². The van der Waals surface area contributed by atoms with Gasteiger partial charge in [0.25, 0.3) is 5.91 Å². The van der Waals surface area contributed by atoms with Crippen molar-refractivity contribution >= 4 is 17.2 Å². The Morgan fingerprint density at radius 1 is 1.35 bits per heavy atom. The van der Waals surface area contributed by atoms with E-state index in [1.54, 1.807) is 4.68 Å². The number of aryl methyl sites for hydroxylation is 1. The van der Waals surface area contributed by atoms with E-state index in [1.165, 1.54) is 17.7 Å². The summed E-state index contributed by atoms with van der Waals surface area (Å²) >= 11 is 1.53. The molecule has 7 nitrogen and oxygen atoms in total. The first-order chi connectivity index (χ1) is 9.68. The average Bonchev–Trinajstić information content (AvgIpc) is 3.09. The molecule has 20 heavy (non-hydrogen) atoms. The highest BCUT2D eigenvalue weighted by molar-refractivity contribution is 7.15. The zero-order chi connectivity index (χ0) is 14.1. The van der Waals surface area contributed by atoms with Crippen LogP contribution in [0.15, 0.2) is 6.33 Å². The Morgan fingerprint density at radius 2 is 2.10 bits per heavy atom. The Morgan fingerprint density at radius 3 is 2.75 bits per heavy atom. The monoisotopic (exact) mass is 293 g/mol. The van der Waals surface area contributed by atoms with Crippen molar-refractivity contribution in [1.82, 2.24) is 25.1 Å². The van der Waals surface area contributed by atoms with Crippen LogP contribution < -0.4 is 0 Å². The van der Waals surface area contributed by atoms with E-state index in [4.69, 9.17) is 4.74 Å². The summed E-state index contributed by atoms with van der Waals surface area (Å²) in [5, 5.41) is 12.0. The van der Waals surface area contributed by atoms with Gasteiger partial charge in [-0.25, -0.2) is 0 Å². The minimum atomic E-state index is 0.0284. The number of carbonyl (C=O) groups excluding carboxylic acids is 1. The molecule has 0 radical (unpaired) electrons. The highest BCUT2D eigenvalue weighted by atomic mass is 32.1. The first-order valence-corrected chi connectivity index (χ1v) is 7.20. The summed E-state index contributed by atoms with van der Waals surface area (Å²) in [4.78, 5) is 15.7. The van der Waals surface area contributed by atoms with Crippen LogP contribution in [0.5, 0.6) is 0 Å². The van der Waals surface area contributed by atoms with Gasteiger partial charge in [-0.1, -0.05) is 0 Å². The predicted molar refractivity (Wildman–Crippen MR) is 73.2 cm³/mol. The molecule has 1 aliphatic heterocycles. The number of morpholine rings is 1. The molecule has 106 valence electrons. The number of hydrogen-bond donors (Lipinski definition) is 0. The molecule has 0 bridgehead atoms. The third kappa shape index (κ3) is 2.20. The van der Waals surface area contributed by atoms with Gasteiger partial charge in [0.15, 0.2) is 0 Å². The van der Waals surface area contributed by atoms with E-state index in [2.05, 4.69) is 15.5 Å². The van der Waals surface area contributed by atoms with Crippen LogP contribution in [0.4, 0.5) is 0 Å². The molecule has 0 aliphatic carbocycles. The van der Waals surface area contributed by atoms with Gasteiger partial charge in [-0.3, -0.25) is 4.79 Å². The number of ether oxygens (including phenoxy) is 1. The molecular weight excluding hydrogens is 278 g/mol. The molecule has 1 fully saturated rings. The van der Waals surface area contributed by atoms with Crippen LogP contribution in [-0.4, -0.2) is 57.3 Å². The van der Waals surface area contributed by atoms with Crippen molar-refractivity contribution in [2.45, 2.75) is 13.8 Å². The smallest absolute Gasteiger partial charge is 0.257 e. The van der Waals surface area contributed by atoms with Gasteiger partial charge in [-0.05, 0) is 29.8 Å². The van der Waals surface area contributed by atoms with Crippen LogP contribution in [-0.2, 0) is 4.74 Å². The second kappa shape index (κ2) is 5.29. The van der Waals surface area contributed by atoms with Crippen LogP contribution in [0.2, 0.25) is 0 Å². The van der Waals surface area contributed by atoms with Crippen molar-refractivity contribution in [3.63, 3.8) is 0 Å². The fourth-order valence-corrected chi connectivity index (χ4v) is 3.27.